The number of guanidine groups is 1. The molecule has 80 valence electrons. The summed E-state index contributed by atoms with van der Waals surface area (Å²) in [4.78, 5) is 6.22. The van der Waals surface area contributed by atoms with Gasteiger partial charge in [-0.3, -0.25) is 4.99 Å². The molecule has 0 spiro atoms. The summed E-state index contributed by atoms with van der Waals surface area (Å²) in [5.74, 6) is 0.606. The van der Waals surface area contributed by atoms with Crippen LogP contribution in [-0.2, 0) is 0 Å². The standard InChI is InChI=1S/C11H14ClN3/c1-7-5-8(12)3-4-9(7)10-6-14-11(13)15(10)2/h3-5,10H,6H2,1-2H3,(H2,13,14). The van der Waals surface area contributed by atoms with Gasteiger partial charge < -0.3 is 10.6 Å². The molecule has 0 radical (unpaired) electrons. The van der Waals surface area contributed by atoms with Crippen LogP contribution in [0.5, 0.6) is 0 Å². The average molecular weight is 224 g/mol. The van der Waals surface area contributed by atoms with Crippen molar-refractivity contribution in [3.8, 4) is 0 Å². The van der Waals surface area contributed by atoms with Gasteiger partial charge in [0.15, 0.2) is 5.96 Å². The number of nitrogens with zero attached hydrogens (tertiary/aromatic N) is 2. The number of aliphatic imine (C=N–C) groups is 1. The van der Waals surface area contributed by atoms with E-state index in [9.17, 15) is 0 Å². The third-order valence-electron chi connectivity index (χ3n) is 2.85. The van der Waals surface area contributed by atoms with Crippen molar-refractivity contribution in [2.24, 2.45) is 10.7 Å². The molecule has 2 N–H and O–H groups in total. The van der Waals surface area contributed by atoms with E-state index in [1.165, 1.54) is 11.1 Å². The molecule has 1 aromatic rings. The Bertz CT molecular complexity index is 414. The highest BCUT2D eigenvalue weighted by Crippen LogP contribution is 2.28. The van der Waals surface area contributed by atoms with Crippen molar-refractivity contribution < 1.29 is 0 Å². The van der Waals surface area contributed by atoms with Crippen molar-refractivity contribution in [1.82, 2.24) is 4.90 Å². The molecule has 3 nitrogen and oxygen atoms in total. The second kappa shape index (κ2) is 3.74. The van der Waals surface area contributed by atoms with Crippen molar-refractivity contribution in [3.05, 3.63) is 34.3 Å². The van der Waals surface area contributed by atoms with Gasteiger partial charge in [0.25, 0.3) is 0 Å². The van der Waals surface area contributed by atoms with Gasteiger partial charge in [0.05, 0.1) is 12.6 Å². The number of halogens is 1. The Morgan fingerprint density at radius 1 is 1.53 bits per heavy atom. The summed E-state index contributed by atoms with van der Waals surface area (Å²) in [6.45, 7) is 2.79. The van der Waals surface area contributed by atoms with Crippen LogP contribution >= 0.6 is 11.6 Å². The molecule has 0 bridgehead atoms. The Hall–Kier alpha value is -1.22. The Morgan fingerprint density at radius 2 is 2.27 bits per heavy atom. The van der Waals surface area contributed by atoms with Crippen LogP contribution in [0, 0.1) is 6.92 Å². The Labute approximate surface area is 94.5 Å². The van der Waals surface area contributed by atoms with Gasteiger partial charge in [0.2, 0.25) is 0 Å². The first-order valence-corrected chi connectivity index (χ1v) is 5.26. The van der Waals surface area contributed by atoms with Crippen LogP contribution < -0.4 is 5.73 Å². The number of rotatable bonds is 1. The predicted molar refractivity (Wildman–Crippen MR) is 63.2 cm³/mol. The maximum atomic E-state index is 5.92. The summed E-state index contributed by atoms with van der Waals surface area (Å²) in [5, 5.41) is 0.769. The number of benzene rings is 1. The zero-order valence-electron chi connectivity index (χ0n) is 8.87. The fraction of sp³-hybridized carbons (Fsp3) is 0.364. The summed E-state index contributed by atoms with van der Waals surface area (Å²) in [7, 11) is 1.96. The summed E-state index contributed by atoms with van der Waals surface area (Å²) < 4.78 is 0. The average Bonchev–Trinajstić information content (AvgIpc) is 2.49. The van der Waals surface area contributed by atoms with E-state index in [2.05, 4.69) is 11.9 Å². The minimum Gasteiger partial charge on any atom is -0.370 e. The van der Waals surface area contributed by atoms with Gasteiger partial charge in [-0.15, -0.1) is 0 Å². The molecule has 1 unspecified atom stereocenters. The third-order valence-corrected chi connectivity index (χ3v) is 3.08. The minimum atomic E-state index is 0.252. The van der Waals surface area contributed by atoms with Crippen LogP contribution in [0.15, 0.2) is 23.2 Å². The van der Waals surface area contributed by atoms with Gasteiger partial charge in [-0.2, -0.15) is 0 Å². The highest BCUT2D eigenvalue weighted by Gasteiger charge is 2.24. The molecule has 0 saturated carbocycles. The molecule has 4 heteroatoms. The monoisotopic (exact) mass is 223 g/mol. The number of likely N-dealkylation sites (N-methyl/N-ethyl adjacent to an activating group) is 1. The molecule has 0 amide bonds. The van der Waals surface area contributed by atoms with Crippen molar-refractivity contribution in [1.29, 1.82) is 0 Å². The summed E-state index contributed by atoms with van der Waals surface area (Å²) in [5.41, 5.74) is 8.16. The lowest BCUT2D eigenvalue weighted by atomic mass is 10.0. The highest BCUT2D eigenvalue weighted by molar-refractivity contribution is 6.30. The molecule has 0 aliphatic carbocycles. The number of aryl methyl sites for hydroxylation is 1. The molecular formula is C11H14ClN3. The van der Waals surface area contributed by atoms with Gasteiger partial charge in [0, 0.05) is 12.1 Å². The second-order valence-corrected chi connectivity index (χ2v) is 4.26. The molecule has 1 aromatic carbocycles. The van der Waals surface area contributed by atoms with E-state index in [0.717, 1.165) is 11.6 Å². The lowest BCUT2D eigenvalue weighted by Gasteiger charge is -2.23. The number of hydrogen-bond donors (Lipinski definition) is 1. The van der Waals surface area contributed by atoms with E-state index in [-0.39, 0.29) is 6.04 Å². The number of nitrogens with two attached hydrogens (primary N) is 1. The van der Waals surface area contributed by atoms with Crippen LogP contribution in [0.25, 0.3) is 0 Å². The van der Waals surface area contributed by atoms with Crippen molar-refractivity contribution in [2.45, 2.75) is 13.0 Å². The quantitative estimate of drug-likeness (QED) is 0.791. The fourth-order valence-electron chi connectivity index (χ4n) is 1.89. The molecule has 2 rings (SSSR count). The zero-order valence-corrected chi connectivity index (χ0v) is 9.62. The first-order valence-electron chi connectivity index (χ1n) is 4.88. The third kappa shape index (κ3) is 1.79. The van der Waals surface area contributed by atoms with E-state index >= 15 is 0 Å². The first-order chi connectivity index (χ1) is 7.09. The van der Waals surface area contributed by atoms with Crippen LogP contribution in [0.3, 0.4) is 0 Å². The number of hydrogen-bond acceptors (Lipinski definition) is 3. The Morgan fingerprint density at radius 3 is 2.80 bits per heavy atom. The topological polar surface area (TPSA) is 41.6 Å². The SMILES string of the molecule is Cc1cc(Cl)ccc1C1CN=C(N)N1C. The Kier molecular flexibility index (Phi) is 2.57. The highest BCUT2D eigenvalue weighted by atomic mass is 35.5. The lowest BCUT2D eigenvalue weighted by molar-refractivity contribution is 0.412. The molecule has 1 aliphatic heterocycles. The normalized spacial score (nSPS) is 20.6. The molecule has 1 heterocycles. The van der Waals surface area contributed by atoms with E-state index in [1.54, 1.807) is 0 Å². The van der Waals surface area contributed by atoms with Crippen molar-refractivity contribution in [3.63, 3.8) is 0 Å². The molecule has 0 fully saturated rings. The summed E-state index contributed by atoms with van der Waals surface area (Å²) >= 11 is 5.92. The second-order valence-electron chi connectivity index (χ2n) is 3.83. The summed E-state index contributed by atoms with van der Waals surface area (Å²) in [6, 6.07) is 6.18. The minimum absolute atomic E-state index is 0.252. The van der Waals surface area contributed by atoms with Crippen molar-refractivity contribution in [2.75, 3.05) is 13.6 Å². The van der Waals surface area contributed by atoms with Gasteiger partial charge in [0.1, 0.15) is 0 Å². The van der Waals surface area contributed by atoms with Gasteiger partial charge >= 0.3 is 0 Å². The zero-order chi connectivity index (χ0) is 11.0. The largest absolute Gasteiger partial charge is 0.370 e. The molecule has 0 saturated heterocycles. The van der Waals surface area contributed by atoms with Crippen LogP contribution in [0.1, 0.15) is 17.2 Å². The van der Waals surface area contributed by atoms with E-state index in [4.69, 9.17) is 17.3 Å². The van der Waals surface area contributed by atoms with E-state index in [1.807, 2.05) is 30.1 Å². The fourth-order valence-corrected chi connectivity index (χ4v) is 2.12. The van der Waals surface area contributed by atoms with Crippen LogP contribution in [-0.4, -0.2) is 24.5 Å². The van der Waals surface area contributed by atoms with Gasteiger partial charge in [-0.25, -0.2) is 0 Å². The van der Waals surface area contributed by atoms with Crippen LogP contribution in [0.2, 0.25) is 5.02 Å². The van der Waals surface area contributed by atoms with E-state index < -0.39 is 0 Å². The molecule has 15 heavy (non-hydrogen) atoms. The lowest BCUT2D eigenvalue weighted by Crippen LogP contribution is -2.32. The van der Waals surface area contributed by atoms with Gasteiger partial charge in [-0.1, -0.05) is 17.7 Å². The van der Waals surface area contributed by atoms with E-state index in [0.29, 0.717) is 5.96 Å². The summed E-state index contributed by atoms with van der Waals surface area (Å²) in [6.07, 6.45) is 0. The predicted octanol–water partition coefficient (Wildman–Crippen LogP) is 1.95. The molecular weight excluding hydrogens is 210 g/mol. The van der Waals surface area contributed by atoms with Crippen LogP contribution in [0.4, 0.5) is 0 Å². The van der Waals surface area contributed by atoms with Gasteiger partial charge in [-0.05, 0) is 30.2 Å². The Balaban J connectivity index is 2.32. The maximum absolute atomic E-state index is 5.92. The first kappa shape index (κ1) is 10.3. The molecule has 1 atom stereocenters. The smallest absolute Gasteiger partial charge is 0.191 e. The molecule has 1 aliphatic rings. The maximum Gasteiger partial charge on any atom is 0.191 e. The van der Waals surface area contributed by atoms with Crippen molar-refractivity contribution >= 4 is 17.6 Å². The molecule has 0 aromatic heterocycles.